The normalized spacial score (nSPS) is 18.5. The minimum atomic E-state index is -0.771. The van der Waals surface area contributed by atoms with E-state index in [4.69, 9.17) is 21.3 Å². The molecule has 0 spiro atoms. The number of benzene rings is 2. The molecule has 228 valence electrons. The van der Waals surface area contributed by atoms with Gasteiger partial charge in [0.25, 0.3) is 0 Å². The number of aryl methyl sites for hydroxylation is 2. The molecular formula is C33H38BClN6O3. The van der Waals surface area contributed by atoms with Crippen molar-refractivity contribution in [2.24, 2.45) is 0 Å². The maximum absolute atomic E-state index is 14.6. The number of carbonyl (C=O) groups is 1. The third kappa shape index (κ3) is 6.68. The maximum atomic E-state index is 14.6. The molecule has 4 heterocycles. The number of hydrogen-bond acceptors (Lipinski definition) is 7. The second kappa shape index (κ2) is 13.5. The van der Waals surface area contributed by atoms with E-state index in [1.807, 2.05) is 83.9 Å². The van der Waals surface area contributed by atoms with Crippen LogP contribution in [-0.2, 0) is 24.5 Å². The molecule has 11 heteroatoms. The second-order valence-electron chi connectivity index (χ2n) is 11.7. The van der Waals surface area contributed by atoms with Gasteiger partial charge in [-0.05, 0) is 43.9 Å². The average molecular weight is 613 g/mol. The van der Waals surface area contributed by atoms with Crippen LogP contribution in [-0.4, -0.2) is 79.3 Å². The van der Waals surface area contributed by atoms with Gasteiger partial charge in [-0.1, -0.05) is 54.1 Å². The maximum Gasteiger partial charge on any atom is 0.377 e. The first-order chi connectivity index (χ1) is 21.4. The molecule has 1 N–H and O–H groups in total. The third-order valence-corrected chi connectivity index (χ3v) is 8.79. The Bertz CT molecular complexity index is 1580. The van der Waals surface area contributed by atoms with Crippen LogP contribution in [0.3, 0.4) is 0 Å². The molecule has 2 aliphatic heterocycles. The van der Waals surface area contributed by atoms with E-state index in [1.54, 1.807) is 6.82 Å². The summed E-state index contributed by atoms with van der Waals surface area (Å²) in [4.78, 5) is 29.9. The Balaban J connectivity index is 1.30. The van der Waals surface area contributed by atoms with E-state index in [2.05, 4.69) is 26.6 Å². The lowest BCUT2D eigenvalue weighted by Crippen LogP contribution is -2.63. The monoisotopic (exact) mass is 612 g/mol. The first kappa shape index (κ1) is 30.3. The van der Waals surface area contributed by atoms with Crippen LogP contribution in [0, 0.1) is 6.92 Å². The Morgan fingerprint density at radius 3 is 2.75 bits per heavy atom. The van der Waals surface area contributed by atoms with Gasteiger partial charge >= 0.3 is 7.05 Å². The van der Waals surface area contributed by atoms with Gasteiger partial charge in [-0.3, -0.25) is 14.7 Å². The molecule has 1 amide bonds. The van der Waals surface area contributed by atoms with Crippen LogP contribution < -0.4 is 4.74 Å². The molecule has 4 aromatic rings. The zero-order valence-corrected chi connectivity index (χ0v) is 26.0. The van der Waals surface area contributed by atoms with Gasteiger partial charge in [-0.25, -0.2) is 4.98 Å². The molecule has 0 unspecified atom stereocenters. The Labute approximate surface area is 264 Å². The number of halogens is 1. The van der Waals surface area contributed by atoms with E-state index in [9.17, 15) is 9.82 Å². The SMILES string of the molecule is CB(O)N1CCN([C@@H]2c3ccc(Cl)cc3OCc3cccnc32)C[C@@H]1C(=O)N(CCCn1cnc(C)c1)Cc1ccccc1. The largest absolute Gasteiger partial charge is 0.488 e. The highest BCUT2D eigenvalue weighted by Gasteiger charge is 2.42. The summed E-state index contributed by atoms with van der Waals surface area (Å²) in [7, 11) is -0.771. The standard InChI is InChI=1S/C33H38BClN6O3/c1-24-19-38(23-37-24)14-7-15-40(20-25-8-4-3-5-9-25)33(42)29-21-39(16-17-41(29)34(2)43)32-28-12-11-27(35)18-30(28)44-22-26-10-6-13-36-31(26)32/h3-6,8-13,18-19,23,29,32,43H,7,14-17,20-22H2,1-2H3/t29-,32-/m1/s1. The molecule has 9 nitrogen and oxygen atoms in total. The fraction of sp³-hybridized carbons (Fsp3) is 0.364. The molecule has 0 saturated carbocycles. The van der Waals surface area contributed by atoms with E-state index in [0.717, 1.165) is 46.8 Å². The first-order valence-electron chi connectivity index (χ1n) is 15.2. The first-order valence-corrected chi connectivity index (χ1v) is 15.6. The Morgan fingerprint density at radius 2 is 1.98 bits per heavy atom. The average Bonchev–Trinajstić information content (AvgIpc) is 3.37. The number of carbonyl (C=O) groups excluding carboxylic acids is 1. The van der Waals surface area contributed by atoms with Crippen LogP contribution >= 0.6 is 11.6 Å². The summed E-state index contributed by atoms with van der Waals surface area (Å²) in [6.45, 7) is 7.56. The highest BCUT2D eigenvalue weighted by atomic mass is 35.5. The number of amides is 1. The van der Waals surface area contributed by atoms with Crippen LogP contribution in [0.15, 0.2) is 79.4 Å². The molecule has 44 heavy (non-hydrogen) atoms. The second-order valence-corrected chi connectivity index (χ2v) is 12.1. The van der Waals surface area contributed by atoms with Crippen molar-refractivity contribution in [1.82, 2.24) is 29.1 Å². The van der Waals surface area contributed by atoms with Crippen molar-refractivity contribution in [2.45, 2.75) is 51.9 Å². The minimum Gasteiger partial charge on any atom is -0.488 e. The number of piperazine rings is 1. The zero-order chi connectivity index (χ0) is 30.6. The molecule has 2 aromatic carbocycles. The molecule has 6 rings (SSSR count). The lowest BCUT2D eigenvalue weighted by Gasteiger charge is -2.45. The van der Waals surface area contributed by atoms with Gasteiger partial charge in [-0.15, -0.1) is 0 Å². The molecule has 0 radical (unpaired) electrons. The fourth-order valence-electron chi connectivity index (χ4n) is 6.39. The van der Waals surface area contributed by atoms with Crippen molar-refractivity contribution >= 4 is 24.6 Å². The lowest BCUT2D eigenvalue weighted by atomic mass is 9.81. The molecule has 2 atom stereocenters. The summed E-state index contributed by atoms with van der Waals surface area (Å²) < 4.78 is 8.28. The van der Waals surface area contributed by atoms with Gasteiger partial charge in [0.15, 0.2) is 0 Å². The van der Waals surface area contributed by atoms with Gasteiger partial charge in [0, 0.05) is 67.8 Å². The number of fused-ring (bicyclic) bond motifs is 2. The number of pyridine rings is 1. The van der Waals surface area contributed by atoms with Crippen LogP contribution in [0.4, 0.5) is 0 Å². The number of nitrogens with zero attached hydrogens (tertiary/aromatic N) is 6. The number of rotatable bonds is 9. The van der Waals surface area contributed by atoms with Gasteiger partial charge in [-0.2, -0.15) is 0 Å². The van der Waals surface area contributed by atoms with Crippen LogP contribution in [0.5, 0.6) is 5.75 Å². The Morgan fingerprint density at radius 1 is 1.14 bits per heavy atom. The third-order valence-electron chi connectivity index (χ3n) is 8.56. The summed E-state index contributed by atoms with van der Waals surface area (Å²) in [5.41, 5.74) is 4.94. The van der Waals surface area contributed by atoms with Crippen molar-refractivity contribution < 1.29 is 14.6 Å². The quantitative estimate of drug-likeness (QED) is 0.280. The van der Waals surface area contributed by atoms with Crippen LogP contribution in [0.25, 0.3) is 0 Å². The molecule has 0 bridgehead atoms. The summed E-state index contributed by atoms with van der Waals surface area (Å²) in [5, 5.41) is 11.5. The van der Waals surface area contributed by atoms with Crippen molar-refractivity contribution in [3.63, 3.8) is 0 Å². The Hall–Kier alpha value is -3.70. The number of hydrogen-bond donors (Lipinski definition) is 1. The number of imidazole rings is 1. The molecule has 1 fully saturated rings. The van der Waals surface area contributed by atoms with Gasteiger partial charge in [0.1, 0.15) is 12.4 Å². The van der Waals surface area contributed by atoms with E-state index in [1.165, 1.54) is 0 Å². The Kier molecular flexibility index (Phi) is 9.32. The van der Waals surface area contributed by atoms with E-state index in [-0.39, 0.29) is 11.9 Å². The smallest absolute Gasteiger partial charge is 0.377 e. The van der Waals surface area contributed by atoms with E-state index < -0.39 is 13.1 Å². The van der Waals surface area contributed by atoms with Crippen molar-refractivity contribution in [1.29, 1.82) is 0 Å². The van der Waals surface area contributed by atoms with Crippen molar-refractivity contribution in [3.8, 4) is 5.75 Å². The highest BCUT2D eigenvalue weighted by molar-refractivity contribution is 6.45. The summed E-state index contributed by atoms with van der Waals surface area (Å²) >= 11 is 6.38. The lowest BCUT2D eigenvalue weighted by molar-refractivity contribution is -0.138. The predicted octanol–water partition coefficient (Wildman–Crippen LogP) is 4.44. The van der Waals surface area contributed by atoms with E-state index >= 15 is 0 Å². The molecular weight excluding hydrogens is 575 g/mol. The predicted molar refractivity (Wildman–Crippen MR) is 171 cm³/mol. The molecule has 1 saturated heterocycles. The summed E-state index contributed by atoms with van der Waals surface area (Å²) in [5.74, 6) is 0.727. The van der Waals surface area contributed by atoms with Crippen molar-refractivity contribution in [3.05, 3.63) is 112 Å². The van der Waals surface area contributed by atoms with Gasteiger partial charge in [0.2, 0.25) is 5.91 Å². The summed E-state index contributed by atoms with van der Waals surface area (Å²) in [6, 6.07) is 19.0. The fourth-order valence-corrected chi connectivity index (χ4v) is 6.55. The zero-order valence-electron chi connectivity index (χ0n) is 25.2. The van der Waals surface area contributed by atoms with Crippen molar-refractivity contribution in [2.75, 3.05) is 26.2 Å². The number of ether oxygens (including phenoxy) is 1. The van der Waals surface area contributed by atoms with Gasteiger partial charge in [0.05, 0.1) is 29.8 Å². The topological polar surface area (TPSA) is 87.0 Å². The number of aromatic nitrogens is 3. The summed E-state index contributed by atoms with van der Waals surface area (Å²) in [6.07, 6.45) is 6.45. The van der Waals surface area contributed by atoms with Crippen LogP contribution in [0.2, 0.25) is 11.8 Å². The minimum absolute atomic E-state index is 0.00344. The highest BCUT2D eigenvalue weighted by Crippen LogP contribution is 2.40. The molecule has 2 aromatic heterocycles. The molecule has 0 aliphatic carbocycles. The molecule has 2 aliphatic rings. The van der Waals surface area contributed by atoms with E-state index in [0.29, 0.717) is 44.4 Å². The van der Waals surface area contributed by atoms with Crippen LogP contribution in [0.1, 0.15) is 40.5 Å². The van der Waals surface area contributed by atoms with Gasteiger partial charge < -0.3 is 24.0 Å².